The molecule has 0 aromatic carbocycles. The van der Waals surface area contributed by atoms with Crippen molar-refractivity contribution in [1.29, 1.82) is 0 Å². The third-order valence-corrected chi connectivity index (χ3v) is 4.82. The van der Waals surface area contributed by atoms with Gasteiger partial charge in [-0.2, -0.15) is 0 Å². The lowest BCUT2D eigenvalue weighted by molar-refractivity contribution is 0.0339. The van der Waals surface area contributed by atoms with E-state index < -0.39 is 0 Å². The van der Waals surface area contributed by atoms with Crippen LogP contribution in [0.15, 0.2) is 12.1 Å². The van der Waals surface area contributed by atoms with E-state index in [-0.39, 0.29) is 0 Å². The van der Waals surface area contributed by atoms with Crippen LogP contribution in [0.1, 0.15) is 36.4 Å². The summed E-state index contributed by atoms with van der Waals surface area (Å²) >= 11 is 1.94. The SMILES string of the molecule is CCc1ccc(CC(NC)C2CCC(C)O2)s1. The van der Waals surface area contributed by atoms with Crippen LogP contribution in [0.3, 0.4) is 0 Å². The number of nitrogens with one attached hydrogen (secondary N) is 1. The predicted molar refractivity (Wildman–Crippen MR) is 73.8 cm³/mol. The van der Waals surface area contributed by atoms with Crippen LogP contribution >= 0.6 is 11.3 Å². The molecule has 2 rings (SSSR count). The van der Waals surface area contributed by atoms with Crippen LogP contribution in [0.25, 0.3) is 0 Å². The molecule has 2 nitrogen and oxygen atoms in total. The fraction of sp³-hybridized carbons (Fsp3) is 0.714. The van der Waals surface area contributed by atoms with Gasteiger partial charge >= 0.3 is 0 Å². The number of rotatable bonds is 5. The first kappa shape index (κ1) is 13.1. The smallest absolute Gasteiger partial charge is 0.0736 e. The third kappa shape index (κ3) is 3.30. The van der Waals surface area contributed by atoms with Crippen molar-refractivity contribution in [2.24, 2.45) is 0 Å². The van der Waals surface area contributed by atoms with Gasteiger partial charge in [0.25, 0.3) is 0 Å². The highest BCUT2D eigenvalue weighted by atomic mass is 32.1. The molecule has 2 heterocycles. The lowest BCUT2D eigenvalue weighted by atomic mass is 10.0. The average Bonchev–Trinajstić information content (AvgIpc) is 2.94. The van der Waals surface area contributed by atoms with E-state index in [2.05, 4.69) is 31.3 Å². The number of thiophene rings is 1. The zero-order valence-corrected chi connectivity index (χ0v) is 11.8. The second-order valence-corrected chi connectivity index (χ2v) is 6.14. The van der Waals surface area contributed by atoms with E-state index in [1.165, 1.54) is 22.6 Å². The maximum Gasteiger partial charge on any atom is 0.0736 e. The number of aryl methyl sites for hydroxylation is 1. The maximum absolute atomic E-state index is 5.96. The second kappa shape index (κ2) is 5.98. The summed E-state index contributed by atoms with van der Waals surface area (Å²) in [6.45, 7) is 4.39. The summed E-state index contributed by atoms with van der Waals surface area (Å²) in [7, 11) is 2.05. The van der Waals surface area contributed by atoms with Gasteiger partial charge in [0.15, 0.2) is 0 Å². The van der Waals surface area contributed by atoms with Gasteiger partial charge in [-0.1, -0.05) is 6.92 Å². The molecule has 0 amide bonds. The Morgan fingerprint density at radius 3 is 2.71 bits per heavy atom. The van der Waals surface area contributed by atoms with Crippen molar-refractivity contribution >= 4 is 11.3 Å². The molecule has 0 bridgehead atoms. The Morgan fingerprint density at radius 2 is 2.18 bits per heavy atom. The zero-order chi connectivity index (χ0) is 12.3. The van der Waals surface area contributed by atoms with E-state index in [9.17, 15) is 0 Å². The lowest BCUT2D eigenvalue weighted by Gasteiger charge is -2.22. The van der Waals surface area contributed by atoms with Crippen molar-refractivity contribution in [3.05, 3.63) is 21.9 Å². The second-order valence-electron chi connectivity index (χ2n) is 4.88. The van der Waals surface area contributed by atoms with E-state index in [0.29, 0.717) is 18.2 Å². The number of likely N-dealkylation sites (N-methyl/N-ethyl adjacent to an activating group) is 1. The van der Waals surface area contributed by atoms with Crippen molar-refractivity contribution in [3.63, 3.8) is 0 Å². The molecule has 1 aromatic rings. The van der Waals surface area contributed by atoms with Gasteiger partial charge in [0, 0.05) is 15.8 Å². The van der Waals surface area contributed by atoms with Gasteiger partial charge < -0.3 is 10.1 Å². The summed E-state index contributed by atoms with van der Waals surface area (Å²) in [4.78, 5) is 2.96. The molecule has 96 valence electrons. The largest absolute Gasteiger partial charge is 0.374 e. The minimum Gasteiger partial charge on any atom is -0.374 e. The quantitative estimate of drug-likeness (QED) is 0.871. The van der Waals surface area contributed by atoms with Crippen molar-refractivity contribution in [3.8, 4) is 0 Å². The lowest BCUT2D eigenvalue weighted by Crippen LogP contribution is -2.39. The van der Waals surface area contributed by atoms with Gasteiger partial charge in [-0.05, 0) is 51.8 Å². The molecule has 3 atom stereocenters. The Bertz CT molecular complexity index is 350. The molecular weight excluding hydrogens is 230 g/mol. The van der Waals surface area contributed by atoms with Gasteiger partial charge in [-0.15, -0.1) is 11.3 Å². The molecule has 0 radical (unpaired) electrons. The van der Waals surface area contributed by atoms with Gasteiger partial charge in [-0.25, -0.2) is 0 Å². The van der Waals surface area contributed by atoms with E-state index in [1.807, 2.05) is 18.4 Å². The molecule has 1 aliphatic rings. The first-order valence-corrected chi connectivity index (χ1v) is 7.45. The average molecular weight is 253 g/mol. The highest BCUT2D eigenvalue weighted by Gasteiger charge is 2.28. The minimum atomic E-state index is 0.391. The molecule has 1 aromatic heterocycles. The summed E-state index contributed by atoms with van der Waals surface area (Å²) in [6.07, 6.45) is 5.46. The molecule has 17 heavy (non-hydrogen) atoms. The topological polar surface area (TPSA) is 21.3 Å². The summed E-state index contributed by atoms with van der Waals surface area (Å²) < 4.78 is 5.96. The first-order chi connectivity index (χ1) is 8.22. The van der Waals surface area contributed by atoms with Crippen LogP contribution in [0.2, 0.25) is 0 Å². The van der Waals surface area contributed by atoms with Crippen LogP contribution in [0.5, 0.6) is 0 Å². The van der Waals surface area contributed by atoms with Crippen molar-refractivity contribution < 1.29 is 4.74 Å². The summed E-state index contributed by atoms with van der Waals surface area (Å²) in [5.74, 6) is 0. The number of ether oxygens (including phenoxy) is 1. The summed E-state index contributed by atoms with van der Waals surface area (Å²) in [5, 5.41) is 3.42. The molecule has 1 aliphatic heterocycles. The van der Waals surface area contributed by atoms with Crippen LogP contribution in [-0.4, -0.2) is 25.3 Å². The molecule has 1 saturated heterocycles. The summed E-state index contributed by atoms with van der Waals surface area (Å²) in [5.41, 5.74) is 0. The summed E-state index contributed by atoms with van der Waals surface area (Å²) in [6, 6.07) is 4.99. The first-order valence-electron chi connectivity index (χ1n) is 6.63. The van der Waals surface area contributed by atoms with E-state index in [4.69, 9.17) is 4.74 Å². The number of hydrogen-bond donors (Lipinski definition) is 1. The highest BCUT2D eigenvalue weighted by molar-refractivity contribution is 7.11. The highest BCUT2D eigenvalue weighted by Crippen LogP contribution is 2.25. The molecular formula is C14H23NOS. The van der Waals surface area contributed by atoms with E-state index >= 15 is 0 Å². The molecule has 1 N–H and O–H groups in total. The van der Waals surface area contributed by atoms with Crippen LogP contribution in [0, 0.1) is 0 Å². The van der Waals surface area contributed by atoms with Crippen molar-refractivity contribution in [2.75, 3.05) is 7.05 Å². The third-order valence-electron chi connectivity index (χ3n) is 3.57. The van der Waals surface area contributed by atoms with E-state index in [1.54, 1.807) is 0 Å². The number of hydrogen-bond acceptors (Lipinski definition) is 3. The molecule has 0 spiro atoms. The molecule has 0 aliphatic carbocycles. The van der Waals surface area contributed by atoms with Crippen LogP contribution < -0.4 is 5.32 Å². The van der Waals surface area contributed by atoms with Gasteiger partial charge in [0.05, 0.1) is 12.2 Å². The Morgan fingerprint density at radius 1 is 1.41 bits per heavy atom. The zero-order valence-electron chi connectivity index (χ0n) is 11.0. The van der Waals surface area contributed by atoms with Gasteiger partial charge in [0.2, 0.25) is 0 Å². The van der Waals surface area contributed by atoms with Gasteiger partial charge in [-0.3, -0.25) is 0 Å². The Kier molecular flexibility index (Phi) is 4.60. The molecule has 1 fully saturated rings. The van der Waals surface area contributed by atoms with Crippen LogP contribution in [0.4, 0.5) is 0 Å². The fourth-order valence-corrected chi connectivity index (χ4v) is 3.50. The molecule has 3 unspecified atom stereocenters. The minimum absolute atomic E-state index is 0.391. The predicted octanol–water partition coefficient (Wildman–Crippen LogP) is 3.01. The standard InChI is InChI=1S/C14H23NOS/c1-4-11-6-7-12(17-11)9-13(15-3)14-8-5-10(2)16-14/h6-7,10,13-15H,4-5,8-9H2,1-3H3. The normalized spacial score (nSPS) is 26.3. The Balaban J connectivity index is 1.95. The van der Waals surface area contributed by atoms with Crippen LogP contribution in [-0.2, 0) is 17.6 Å². The maximum atomic E-state index is 5.96. The van der Waals surface area contributed by atoms with Gasteiger partial charge in [0.1, 0.15) is 0 Å². The van der Waals surface area contributed by atoms with Crippen molar-refractivity contribution in [1.82, 2.24) is 5.32 Å². The Labute approximate surface area is 108 Å². The molecule has 0 saturated carbocycles. The monoisotopic (exact) mass is 253 g/mol. The van der Waals surface area contributed by atoms with E-state index in [0.717, 1.165) is 12.8 Å². The molecule has 3 heteroatoms. The fourth-order valence-electron chi connectivity index (χ4n) is 2.49. The Hall–Kier alpha value is -0.380. The van der Waals surface area contributed by atoms with Crippen molar-refractivity contribution in [2.45, 2.75) is 57.8 Å².